The molecule has 2 aliphatic heterocycles. The molecule has 0 amide bonds. The highest BCUT2D eigenvalue weighted by Crippen LogP contribution is 2.55. The smallest absolute Gasteiger partial charge is 0.243 e. The van der Waals surface area contributed by atoms with Crippen molar-refractivity contribution in [1.29, 1.82) is 0 Å². The maximum absolute atomic E-state index is 13.8. The summed E-state index contributed by atoms with van der Waals surface area (Å²) in [6.45, 7) is 3.49. The molecule has 2 aromatic carbocycles. The molecule has 8 heteroatoms. The number of hydrogen-bond acceptors (Lipinski definition) is 6. The van der Waals surface area contributed by atoms with E-state index in [1.165, 1.54) is 0 Å². The fraction of sp³-hybridized carbons (Fsp3) is 0.520. The Morgan fingerprint density at radius 2 is 1.64 bits per heavy atom. The van der Waals surface area contributed by atoms with Crippen LogP contribution in [-0.4, -0.2) is 58.5 Å². The summed E-state index contributed by atoms with van der Waals surface area (Å²) in [7, 11) is -0.445. The van der Waals surface area contributed by atoms with Crippen molar-refractivity contribution in [2.24, 2.45) is 0 Å². The average Bonchev–Trinajstić information content (AvgIpc) is 3.44. The summed E-state index contributed by atoms with van der Waals surface area (Å²) < 4.78 is 52.4. The molecule has 3 fully saturated rings. The van der Waals surface area contributed by atoms with Crippen LogP contribution in [-0.2, 0) is 24.9 Å². The summed E-state index contributed by atoms with van der Waals surface area (Å²) in [5, 5.41) is 0. The van der Waals surface area contributed by atoms with Crippen LogP contribution in [0, 0.1) is 6.92 Å². The second kappa shape index (κ2) is 8.27. The summed E-state index contributed by atoms with van der Waals surface area (Å²) >= 11 is 0. The minimum Gasteiger partial charge on any atom is -0.493 e. The van der Waals surface area contributed by atoms with Gasteiger partial charge in [0.05, 0.1) is 32.3 Å². The first-order chi connectivity index (χ1) is 15.8. The number of methoxy groups -OCH3 is 2. The van der Waals surface area contributed by atoms with Crippen LogP contribution in [0.25, 0.3) is 0 Å². The van der Waals surface area contributed by atoms with Gasteiger partial charge in [0.25, 0.3) is 0 Å². The van der Waals surface area contributed by atoms with Crippen molar-refractivity contribution in [3.8, 4) is 11.5 Å². The Kier molecular flexibility index (Phi) is 5.68. The van der Waals surface area contributed by atoms with E-state index in [-0.39, 0.29) is 11.5 Å². The molecule has 2 aromatic rings. The Bertz CT molecular complexity index is 1130. The summed E-state index contributed by atoms with van der Waals surface area (Å²) in [5.41, 5.74) is 1.75. The number of fused-ring (bicyclic) bond motifs is 1. The minimum absolute atomic E-state index is 0.284. The molecular weight excluding hydrogens is 442 g/mol. The zero-order valence-corrected chi connectivity index (χ0v) is 20.2. The molecule has 0 bridgehead atoms. The predicted octanol–water partition coefficient (Wildman–Crippen LogP) is 3.64. The van der Waals surface area contributed by atoms with Gasteiger partial charge in [-0.3, -0.25) is 0 Å². The monoisotopic (exact) mass is 473 g/mol. The van der Waals surface area contributed by atoms with Crippen molar-refractivity contribution in [3.63, 3.8) is 0 Å². The first-order valence-corrected chi connectivity index (χ1v) is 12.9. The topological polar surface area (TPSA) is 74.3 Å². The third-order valence-electron chi connectivity index (χ3n) is 7.62. The van der Waals surface area contributed by atoms with E-state index in [1.54, 1.807) is 30.7 Å². The van der Waals surface area contributed by atoms with Gasteiger partial charge in [0, 0.05) is 30.8 Å². The van der Waals surface area contributed by atoms with Crippen LogP contribution in [0.4, 0.5) is 0 Å². The molecule has 1 spiro atoms. The molecule has 1 aliphatic carbocycles. The van der Waals surface area contributed by atoms with Crippen LogP contribution in [0.5, 0.6) is 11.5 Å². The number of hydrogen-bond donors (Lipinski definition) is 0. The Hall–Kier alpha value is -2.13. The summed E-state index contributed by atoms with van der Waals surface area (Å²) in [6.07, 6.45) is 2.74. The fourth-order valence-electron chi connectivity index (χ4n) is 5.83. The average molecular weight is 474 g/mol. The van der Waals surface area contributed by atoms with Crippen molar-refractivity contribution in [2.45, 2.75) is 54.7 Å². The van der Waals surface area contributed by atoms with Crippen LogP contribution in [0.3, 0.4) is 0 Å². The fourth-order valence-corrected chi connectivity index (χ4v) is 7.52. The maximum Gasteiger partial charge on any atom is 0.243 e. The Morgan fingerprint density at radius 3 is 2.30 bits per heavy atom. The summed E-state index contributed by atoms with van der Waals surface area (Å²) in [4.78, 5) is 0.323. The molecule has 0 N–H and O–H groups in total. The van der Waals surface area contributed by atoms with Crippen LogP contribution >= 0.6 is 0 Å². The largest absolute Gasteiger partial charge is 0.493 e. The molecule has 2 atom stereocenters. The standard InChI is InChI=1S/C25H31NO6S/c1-18-4-7-20(8-5-18)33(27,28)26-13-12-24(19-6-9-21(29-2)22(16-19)30-3)10-11-25(17-23(24)26)31-14-15-32-25/h4-9,16,23H,10-15,17H2,1-3H3/t23-,24-/m0/s1. The maximum atomic E-state index is 13.8. The normalized spacial score (nSPS) is 26.9. The Morgan fingerprint density at radius 1 is 0.939 bits per heavy atom. The number of nitrogens with zero attached hydrogens (tertiary/aromatic N) is 1. The van der Waals surface area contributed by atoms with E-state index in [0.29, 0.717) is 42.6 Å². The quantitative estimate of drug-likeness (QED) is 0.660. The van der Waals surface area contributed by atoms with E-state index in [0.717, 1.165) is 30.4 Å². The lowest BCUT2D eigenvalue weighted by molar-refractivity contribution is -0.192. The van der Waals surface area contributed by atoms with E-state index in [4.69, 9.17) is 18.9 Å². The lowest BCUT2D eigenvalue weighted by Gasteiger charge is -2.47. The van der Waals surface area contributed by atoms with Crippen molar-refractivity contribution in [1.82, 2.24) is 4.31 Å². The summed E-state index contributed by atoms with van der Waals surface area (Å²) in [5.74, 6) is 0.596. The molecule has 0 unspecified atom stereocenters. The van der Waals surface area contributed by atoms with Gasteiger partial charge in [0.15, 0.2) is 17.3 Å². The van der Waals surface area contributed by atoms with E-state index >= 15 is 0 Å². The van der Waals surface area contributed by atoms with E-state index < -0.39 is 15.8 Å². The van der Waals surface area contributed by atoms with E-state index in [2.05, 4.69) is 0 Å². The third kappa shape index (κ3) is 3.64. The van der Waals surface area contributed by atoms with Gasteiger partial charge >= 0.3 is 0 Å². The van der Waals surface area contributed by atoms with Gasteiger partial charge in [-0.15, -0.1) is 0 Å². The lowest BCUT2D eigenvalue weighted by atomic mass is 9.64. The highest BCUT2D eigenvalue weighted by atomic mass is 32.2. The Balaban J connectivity index is 1.59. The van der Waals surface area contributed by atoms with Gasteiger partial charge in [-0.1, -0.05) is 23.8 Å². The van der Waals surface area contributed by atoms with Gasteiger partial charge in [0.1, 0.15) is 0 Å². The van der Waals surface area contributed by atoms with Crippen molar-refractivity contribution >= 4 is 10.0 Å². The zero-order chi connectivity index (χ0) is 23.3. The highest BCUT2D eigenvalue weighted by molar-refractivity contribution is 7.89. The number of sulfonamides is 1. The molecule has 33 heavy (non-hydrogen) atoms. The lowest BCUT2D eigenvalue weighted by Crippen LogP contribution is -2.54. The zero-order valence-electron chi connectivity index (χ0n) is 19.4. The Labute approximate surface area is 195 Å². The van der Waals surface area contributed by atoms with Gasteiger partial charge in [-0.05, 0) is 49.6 Å². The van der Waals surface area contributed by atoms with Gasteiger partial charge < -0.3 is 18.9 Å². The molecule has 2 heterocycles. The van der Waals surface area contributed by atoms with E-state index in [9.17, 15) is 8.42 Å². The van der Waals surface area contributed by atoms with Crippen LogP contribution in [0.2, 0.25) is 0 Å². The first-order valence-electron chi connectivity index (χ1n) is 11.4. The molecule has 178 valence electrons. The summed E-state index contributed by atoms with van der Waals surface area (Å²) in [6, 6.07) is 12.8. The van der Waals surface area contributed by atoms with Gasteiger partial charge in [-0.25, -0.2) is 8.42 Å². The molecule has 5 rings (SSSR count). The first kappa shape index (κ1) is 22.7. The number of rotatable bonds is 5. The van der Waals surface area contributed by atoms with Crippen LogP contribution in [0.15, 0.2) is 47.4 Å². The molecule has 1 saturated carbocycles. The number of aryl methyl sites for hydroxylation is 1. The number of ether oxygens (including phenoxy) is 4. The number of benzene rings is 2. The van der Waals surface area contributed by atoms with Crippen molar-refractivity contribution in [2.75, 3.05) is 34.0 Å². The van der Waals surface area contributed by atoms with Crippen molar-refractivity contribution in [3.05, 3.63) is 53.6 Å². The minimum atomic E-state index is -3.68. The molecule has 7 nitrogen and oxygen atoms in total. The molecule has 0 aromatic heterocycles. The van der Waals surface area contributed by atoms with E-state index in [1.807, 2.05) is 37.3 Å². The van der Waals surface area contributed by atoms with Gasteiger partial charge in [-0.2, -0.15) is 4.31 Å². The molecular formula is C25H31NO6S. The third-order valence-corrected chi connectivity index (χ3v) is 9.54. The van der Waals surface area contributed by atoms with Gasteiger partial charge in [0.2, 0.25) is 10.0 Å². The molecule has 3 aliphatic rings. The molecule has 2 saturated heterocycles. The molecule has 0 radical (unpaired) electrons. The SMILES string of the molecule is COc1ccc([C@]23CCN(S(=O)(=O)c4ccc(C)cc4)[C@H]2CC2(CC3)OCCO2)cc1OC. The van der Waals surface area contributed by atoms with Crippen LogP contribution in [0.1, 0.15) is 36.8 Å². The second-order valence-electron chi connectivity index (χ2n) is 9.23. The van der Waals surface area contributed by atoms with Crippen LogP contribution < -0.4 is 9.47 Å². The predicted molar refractivity (Wildman–Crippen MR) is 123 cm³/mol. The highest BCUT2D eigenvalue weighted by Gasteiger charge is 2.60. The second-order valence-corrected chi connectivity index (χ2v) is 11.1. The van der Waals surface area contributed by atoms with Crippen molar-refractivity contribution < 1.29 is 27.4 Å².